The molecule has 1 atom stereocenters. The molecule has 11 nitrogen and oxygen atoms in total. The minimum atomic E-state index is -0.645. The Kier molecular flexibility index (Phi) is 10.2. The van der Waals surface area contributed by atoms with E-state index in [0.717, 1.165) is 34.4 Å². The molecule has 1 aromatic carbocycles. The molecule has 0 aliphatic heterocycles. The number of aromatic nitrogens is 2. The number of hydrogen-bond acceptors (Lipinski definition) is 12. The predicted octanol–water partition coefficient (Wildman–Crippen LogP) is 4.64. The number of thioether (sulfide) groups is 1. The van der Waals surface area contributed by atoms with Crippen LogP contribution in [0.4, 0.5) is 10.1 Å². The second-order valence-electron chi connectivity index (χ2n) is 7.51. The number of hydrogen-bond donors (Lipinski definition) is 2. The summed E-state index contributed by atoms with van der Waals surface area (Å²) in [6.45, 7) is 6.91. The van der Waals surface area contributed by atoms with Gasteiger partial charge in [-0.3, -0.25) is 14.9 Å². The maximum Gasteiger partial charge on any atom is 0.348 e. The maximum absolute atomic E-state index is 13.0. The topological polar surface area (TPSA) is 146 Å². The van der Waals surface area contributed by atoms with Gasteiger partial charge in [0, 0.05) is 5.56 Å². The monoisotopic (exact) mass is 578 g/mol. The molecule has 0 saturated carbocycles. The molecule has 0 radical (unpaired) electrons. The molecule has 38 heavy (non-hydrogen) atoms. The normalized spacial score (nSPS) is 11.4. The molecule has 0 aliphatic rings. The number of benzene rings is 1. The van der Waals surface area contributed by atoms with Gasteiger partial charge in [-0.2, -0.15) is 0 Å². The highest BCUT2D eigenvalue weighted by atomic mass is 32.2. The fraction of sp³-hybridized carbons (Fsp3) is 0.333. The average Bonchev–Trinajstić information content (AvgIpc) is 3.47. The third-order valence-electron chi connectivity index (χ3n) is 4.95. The number of carbonyl (C=O) groups excluding carboxylic acids is 4. The summed E-state index contributed by atoms with van der Waals surface area (Å²) in [4.78, 5) is 50.5. The van der Waals surface area contributed by atoms with E-state index in [2.05, 4.69) is 20.8 Å². The molecule has 3 aromatic rings. The van der Waals surface area contributed by atoms with E-state index in [1.54, 1.807) is 52.0 Å². The van der Waals surface area contributed by atoms with Crippen LogP contribution in [0.2, 0.25) is 0 Å². The largest absolute Gasteiger partial charge is 0.497 e. The van der Waals surface area contributed by atoms with Crippen molar-refractivity contribution in [1.82, 2.24) is 10.2 Å². The highest BCUT2D eigenvalue weighted by Crippen LogP contribution is 2.36. The molecule has 0 fully saturated rings. The Morgan fingerprint density at radius 3 is 2.26 bits per heavy atom. The van der Waals surface area contributed by atoms with Gasteiger partial charge in [-0.25, -0.2) is 9.59 Å². The number of amides is 2. The van der Waals surface area contributed by atoms with Crippen molar-refractivity contribution in [3.05, 3.63) is 45.8 Å². The number of thiophene rings is 1. The Balaban J connectivity index is 1.68. The quantitative estimate of drug-likeness (QED) is 0.187. The summed E-state index contributed by atoms with van der Waals surface area (Å²) >= 11 is 3.20. The van der Waals surface area contributed by atoms with Gasteiger partial charge in [0.15, 0.2) is 4.34 Å². The van der Waals surface area contributed by atoms with Gasteiger partial charge in [0.2, 0.25) is 11.0 Å². The van der Waals surface area contributed by atoms with Crippen LogP contribution in [0.3, 0.4) is 0 Å². The summed E-state index contributed by atoms with van der Waals surface area (Å²) in [7, 11) is 1.54. The number of ether oxygens (including phenoxy) is 3. The molecule has 0 aliphatic carbocycles. The van der Waals surface area contributed by atoms with Gasteiger partial charge in [0.05, 0.1) is 31.1 Å². The first-order valence-electron chi connectivity index (χ1n) is 11.4. The van der Waals surface area contributed by atoms with Gasteiger partial charge < -0.3 is 19.5 Å². The Hall–Kier alpha value is -3.49. The fourth-order valence-electron chi connectivity index (χ4n) is 3.08. The molecule has 1 unspecified atom stereocenters. The lowest BCUT2D eigenvalue weighted by Crippen LogP contribution is -2.23. The van der Waals surface area contributed by atoms with Gasteiger partial charge in [-0.15, -0.1) is 21.5 Å². The zero-order chi connectivity index (χ0) is 27.8. The van der Waals surface area contributed by atoms with Crippen LogP contribution in [0.1, 0.15) is 56.7 Å². The van der Waals surface area contributed by atoms with Crippen LogP contribution >= 0.6 is 34.4 Å². The Morgan fingerprint density at radius 1 is 0.974 bits per heavy atom. The Bertz CT molecular complexity index is 1320. The molecule has 0 saturated heterocycles. The summed E-state index contributed by atoms with van der Waals surface area (Å²) in [5.41, 5.74) is 0.919. The summed E-state index contributed by atoms with van der Waals surface area (Å²) < 4.78 is 15.7. The predicted molar refractivity (Wildman–Crippen MR) is 146 cm³/mol. The molecule has 2 heterocycles. The van der Waals surface area contributed by atoms with Gasteiger partial charge in [-0.05, 0) is 57.5 Å². The van der Waals surface area contributed by atoms with E-state index < -0.39 is 23.1 Å². The van der Waals surface area contributed by atoms with Crippen molar-refractivity contribution in [2.45, 2.75) is 37.3 Å². The number of nitrogens with zero attached hydrogens (tertiary/aromatic N) is 2. The Morgan fingerprint density at radius 2 is 1.63 bits per heavy atom. The average molecular weight is 579 g/mol. The summed E-state index contributed by atoms with van der Waals surface area (Å²) in [5.74, 6) is -1.37. The molecule has 0 spiro atoms. The number of methoxy groups -OCH3 is 1. The van der Waals surface area contributed by atoms with Gasteiger partial charge in [0.1, 0.15) is 15.6 Å². The van der Waals surface area contributed by atoms with Crippen LogP contribution in [0, 0.1) is 6.92 Å². The smallest absolute Gasteiger partial charge is 0.348 e. The van der Waals surface area contributed by atoms with Crippen molar-refractivity contribution in [2.24, 2.45) is 0 Å². The van der Waals surface area contributed by atoms with Crippen molar-refractivity contribution in [3.63, 3.8) is 0 Å². The minimum absolute atomic E-state index is 0.116. The van der Waals surface area contributed by atoms with E-state index in [4.69, 9.17) is 14.2 Å². The number of rotatable bonds is 11. The van der Waals surface area contributed by atoms with E-state index in [0.29, 0.717) is 21.2 Å². The highest BCUT2D eigenvalue weighted by molar-refractivity contribution is 8.02. The van der Waals surface area contributed by atoms with Crippen molar-refractivity contribution < 1.29 is 33.4 Å². The number of carbonyl (C=O) groups is 4. The summed E-state index contributed by atoms with van der Waals surface area (Å²) in [6, 6.07) is 6.60. The number of esters is 2. The molecular weight excluding hydrogens is 552 g/mol. The fourth-order valence-corrected chi connectivity index (χ4v) is 6.06. The SMILES string of the molecule is CCOC(=O)c1sc(NC(=O)C(C)Sc2nnc(NC(=O)c3ccc(OC)cc3)s2)c(C(=O)OCC)c1C. The van der Waals surface area contributed by atoms with Crippen molar-refractivity contribution in [2.75, 3.05) is 31.0 Å². The van der Waals surface area contributed by atoms with E-state index in [1.807, 2.05) is 0 Å². The van der Waals surface area contributed by atoms with E-state index in [9.17, 15) is 19.2 Å². The Labute approximate surface area is 231 Å². The van der Waals surface area contributed by atoms with E-state index in [1.165, 1.54) is 7.11 Å². The van der Waals surface area contributed by atoms with Gasteiger partial charge >= 0.3 is 11.9 Å². The molecule has 2 amide bonds. The molecule has 14 heteroatoms. The lowest BCUT2D eigenvalue weighted by atomic mass is 10.1. The zero-order valence-corrected chi connectivity index (χ0v) is 23.7. The zero-order valence-electron chi connectivity index (χ0n) is 21.3. The number of anilines is 2. The third-order valence-corrected chi connectivity index (χ3v) is 8.16. The number of nitrogens with one attached hydrogen (secondary N) is 2. The third kappa shape index (κ3) is 7.08. The molecular formula is C24H26N4O7S3. The molecule has 2 N–H and O–H groups in total. The second kappa shape index (κ2) is 13.3. The van der Waals surface area contributed by atoms with Crippen molar-refractivity contribution >= 4 is 68.3 Å². The lowest BCUT2D eigenvalue weighted by molar-refractivity contribution is -0.115. The summed E-state index contributed by atoms with van der Waals surface area (Å²) in [6.07, 6.45) is 0. The standard InChI is InChI=1S/C24H26N4O7S3/c1-6-34-21(31)16-12(3)17(22(32)35-7-2)37-20(16)25-18(29)13(4)36-24-28-27-23(38-24)26-19(30)14-8-10-15(33-5)11-9-14/h8-11,13H,6-7H2,1-5H3,(H,25,29)(H,26,27,30). The van der Waals surface area contributed by atoms with Crippen LogP contribution in [0.25, 0.3) is 0 Å². The van der Waals surface area contributed by atoms with Gasteiger partial charge in [0.25, 0.3) is 5.91 Å². The molecule has 202 valence electrons. The maximum atomic E-state index is 13.0. The molecule has 0 bridgehead atoms. The van der Waals surface area contributed by atoms with E-state index in [-0.39, 0.29) is 39.7 Å². The first kappa shape index (κ1) is 29.1. The molecule has 3 rings (SSSR count). The minimum Gasteiger partial charge on any atom is -0.497 e. The van der Waals surface area contributed by atoms with Crippen LogP contribution in [0.15, 0.2) is 28.6 Å². The van der Waals surface area contributed by atoms with Crippen LogP contribution in [-0.2, 0) is 14.3 Å². The highest BCUT2D eigenvalue weighted by Gasteiger charge is 2.28. The van der Waals surface area contributed by atoms with Crippen molar-refractivity contribution in [3.8, 4) is 5.75 Å². The van der Waals surface area contributed by atoms with Crippen molar-refractivity contribution in [1.29, 1.82) is 0 Å². The van der Waals surface area contributed by atoms with Crippen LogP contribution in [0.5, 0.6) is 5.75 Å². The second-order valence-corrected chi connectivity index (χ2v) is 11.1. The summed E-state index contributed by atoms with van der Waals surface area (Å²) in [5, 5.41) is 13.2. The van der Waals surface area contributed by atoms with Crippen LogP contribution < -0.4 is 15.4 Å². The lowest BCUT2D eigenvalue weighted by Gasteiger charge is -2.10. The van der Waals surface area contributed by atoms with Gasteiger partial charge in [-0.1, -0.05) is 23.1 Å². The first-order chi connectivity index (χ1) is 18.2. The first-order valence-corrected chi connectivity index (χ1v) is 13.9. The van der Waals surface area contributed by atoms with Crippen LogP contribution in [-0.4, -0.2) is 59.5 Å². The molecule has 2 aromatic heterocycles. The van der Waals surface area contributed by atoms with E-state index >= 15 is 0 Å².